The smallest absolute Gasteiger partial charge is 0.0669 e. The van der Waals surface area contributed by atoms with Crippen LogP contribution in [0.25, 0.3) is 0 Å². The Morgan fingerprint density at radius 2 is 1.74 bits per heavy atom. The average Bonchev–Trinajstić information content (AvgIpc) is 2.42. The SMILES string of the molecule is CC(Nc1ccc(CC#N)cc1)c1ccc(Cl)cc1. The molecule has 2 aromatic carbocycles. The van der Waals surface area contributed by atoms with Gasteiger partial charge in [0.2, 0.25) is 0 Å². The van der Waals surface area contributed by atoms with Gasteiger partial charge in [-0.2, -0.15) is 5.26 Å². The first-order chi connectivity index (χ1) is 9.19. The van der Waals surface area contributed by atoms with Crippen LogP contribution in [0.2, 0.25) is 5.02 Å². The molecule has 0 heterocycles. The van der Waals surface area contributed by atoms with Crippen LogP contribution in [0, 0.1) is 11.3 Å². The molecule has 96 valence electrons. The Kier molecular flexibility index (Phi) is 4.43. The molecular weight excluding hydrogens is 256 g/mol. The van der Waals surface area contributed by atoms with Crippen molar-refractivity contribution in [3.63, 3.8) is 0 Å². The highest BCUT2D eigenvalue weighted by Gasteiger charge is 2.05. The maximum atomic E-state index is 8.63. The fourth-order valence-corrected chi connectivity index (χ4v) is 2.02. The summed E-state index contributed by atoms with van der Waals surface area (Å²) in [6, 6.07) is 18.1. The van der Waals surface area contributed by atoms with Crippen LogP contribution in [-0.4, -0.2) is 0 Å². The van der Waals surface area contributed by atoms with Gasteiger partial charge in [-0.15, -0.1) is 0 Å². The van der Waals surface area contributed by atoms with Crippen LogP contribution in [0.15, 0.2) is 48.5 Å². The van der Waals surface area contributed by atoms with Gasteiger partial charge in [0.1, 0.15) is 0 Å². The Morgan fingerprint density at radius 3 is 2.32 bits per heavy atom. The Hall–Kier alpha value is -1.98. The summed E-state index contributed by atoms with van der Waals surface area (Å²) in [6.07, 6.45) is 0.451. The number of nitrogens with one attached hydrogen (secondary N) is 1. The Labute approximate surface area is 118 Å². The lowest BCUT2D eigenvalue weighted by Crippen LogP contribution is -2.06. The summed E-state index contributed by atoms with van der Waals surface area (Å²) in [7, 11) is 0. The van der Waals surface area contributed by atoms with Gasteiger partial charge >= 0.3 is 0 Å². The van der Waals surface area contributed by atoms with E-state index in [-0.39, 0.29) is 6.04 Å². The van der Waals surface area contributed by atoms with Crippen molar-refractivity contribution in [3.8, 4) is 6.07 Å². The molecule has 0 aliphatic carbocycles. The van der Waals surface area contributed by atoms with Gasteiger partial charge in [0.15, 0.2) is 0 Å². The van der Waals surface area contributed by atoms with Crippen molar-refractivity contribution in [2.75, 3.05) is 5.32 Å². The molecule has 2 aromatic rings. The second-order valence-corrected chi connectivity index (χ2v) is 4.89. The molecule has 2 rings (SSSR count). The minimum atomic E-state index is 0.207. The molecule has 0 aliphatic rings. The molecule has 0 aromatic heterocycles. The van der Waals surface area contributed by atoms with Crippen molar-refractivity contribution in [2.45, 2.75) is 19.4 Å². The standard InChI is InChI=1S/C16H15ClN2/c1-12(14-4-6-15(17)7-5-14)19-16-8-2-13(3-9-16)10-11-18/h2-9,12,19H,10H2,1H3. The summed E-state index contributed by atoms with van der Waals surface area (Å²) in [5, 5.41) is 12.8. The molecule has 0 spiro atoms. The van der Waals surface area contributed by atoms with Gasteiger partial charge in [-0.1, -0.05) is 35.9 Å². The topological polar surface area (TPSA) is 35.8 Å². The van der Waals surface area contributed by atoms with Gasteiger partial charge in [0, 0.05) is 16.8 Å². The van der Waals surface area contributed by atoms with E-state index in [1.54, 1.807) is 0 Å². The normalized spacial score (nSPS) is 11.6. The third kappa shape index (κ3) is 3.74. The van der Waals surface area contributed by atoms with Crippen molar-refractivity contribution in [3.05, 3.63) is 64.7 Å². The first-order valence-corrected chi connectivity index (χ1v) is 6.55. The lowest BCUT2D eigenvalue weighted by molar-refractivity contribution is 0.884. The second kappa shape index (κ2) is 6.26. The third-order valence-corrected chi connectivity index (χ3v) is 3.24. The van der Waals surface area contributed by atoms with E-state index >= 15 is 0 Å². The van der Waals surface area contributed by atoms with Gasteiger partial charge in [0.05, 0.1) is 12.5 Å². The Bertz CT molecular complexity index is 567. The minimum Gasteiger partial charge on any atom is -0.379 e. The lowest BCUT2D eigenvalue weighted by atomic mass is 10.1. The first kappa shape index (κ1) is 13.5. The van der Waals surface area contributed by atoms with Crippen LogP contribution in [0.4, 0.5) is 5.69 Å². The molecule has 2 nitrogen and oxygen atoms in total. The number of nitriles is 1. The van der Waals surface area contributed by atoms with E-state index < -0.39 is 0 Å². The van der Waals surface area contributed by atoms with Crippen molar-refractivity contribution in [2.24, 2.45) is 0 Å². The summed E-state index contributed by atoms with van der Waals surface area (Å²) < 4.78 is 0. The van der Waals surface area contributed by atoms with E-state index in [4.69, 9.17) is 16.9 Å². The molecule has 1 atom stereocenters. The van der Waals surface area contributed by atoms with Gasteiger partial charge in [-0.05, 0) is 42.3 Å². The number of rotatable bonds is 4. The fraction of sp³-hybridized carbons (Fsp3) is 0.188. The van der Waals surface area contributed by atoms with Crippen molar-refractivity contribution >= 4 is 17.3 Å². The zero-order valence-corrected chi connectivity index (χ0v) is 11.5. The summed E-state index contributed by atoms with van der Waals surface area (Å²) in [5.41, 5.74) is 3.27. The van der Waals surface area contributed by atoms with E-state index in [9.17, 15) is 0 Å². The quantitative estimate of drug-likeness (QED) is 0.883. The molecule has 0 fully saturated rings. The van der Waals surface area contributed by atoms with E-state index in [1.165, 1.54) is 5.56 Å². The largest absolute Gasteiger partial charge is 0.379 e. The third-order valence-electron chi connectivity index (χ3n) is 2.99. The molecule has 1 N–H and O–H groups in total. The summed E-state index contributed by atoms with van der Waals surface area (Å²) in [5.74, 6) is 0. The van der Waals surface area contributed by atoms with Crippen LogP contribution in [0.1, 0.15) is 24.1 Å². The number of benzene rings is 2. The number of halogens is 1. The number of hydrogen-bond acceptors (Lipinski definition) is 2. The van der Waals surface area contributed by atoms with Crippen LogP contribution < -0.4 is 5.32 Å². The maximum absolute atomic E-state index is 8.63. The molecule has 0 saturated heterocycles. The second-order valence-electron chi connectivity index (χ2n) is 4.45. The van der Waals surface area contributed by atoms with Crippen LogP contribution in [0.5, 0.6) is 0 Å². The maximum Gasteiger partial charge on any atom is 0.0669 e. The predicted molar refractivity (Wildman–Crippen MR) is 79.2 cm³/mol. The van der Waals surface area contributed by atoms with Crippen molar-refractivity contribution in [1.82, 2.24) is 0 Å². The zero-order chi connectivity index (χ0) is 13.7. The van der Waals surface area contributed by atoms with E-state index in [0.717, 1.165) is 16.3 Å². The molecule has 0 amide bonds. The molecule has 0 aliphatic heterocycles. The highest BCUT2D eigenvalue weighted by atomic mass is 35.5. The summed E-state index contributed by atoms with van der Waals surface area (Å²) >= 11 is 5.88. The van der Waals surface area contributed by atoms with Crippen molar-refractivity contribution in [1.29, 1.82) is 5.26 Å². The fourth-order valence-electron chi connectivity index (χ4n) is 1.89. The Morgan fingerprint density at radius 1 is 1.11 bits per heavy atom. The lowest BCUT2D eigenvalue weighted by Gasteiger charge is -2.16. The van der Waals surface area contributed by atoms with E-state index in [2.05, 4.69) is 18.3 Å². The highest BCUT2D eigenvalue weighted by Crippen LogP contribution is 2.21. The van der Waals surface area contributed by atoms with E-state index in [0.29, 0.717) is 6.42 Å². The number of nitrogens with zero attached hydrogens (tertiary/aromatic N) is 1. The van der Waals surface area contributed by atoms with Gasteiger partial charge in [-0.25, -0.2) is 0 Å². The first-order valence-electron chi connectivity index (χ1n) is 6.17. The number of anilines is 1. The van der Waals surface area contributed by atoms with Crippen LogP contribution >= 0.6 is 11.6 Å². The van der Waals surface area contributed by atoms with Crippen LogP contribution in [-0.2, 0) is 6.42 Å². The highest BCUT2D eigenvalue weighted by molar-refractivity contribution is 6.30. The van der Waals surface area contributed by atoms with Crippen LogP contribution in [0.3, 0.4) is 0 Å². The van der Waals surface area contributed by atoms with Gasteiger partial charge in [-0.3, -0.25) is 0 Å². The summed E-state index contributed by atoms with van der Waals surface area (Å²) in [6.45, 7) is 2.10. The van der Waals surface area contributed by atoms with Gasteiger partial charge in [0.25, 0.3) is 0 Å². The zero-order valence-electron chi connectivity index (χ0n) is 10.7. The average molecular weight is 271 g/mol. The monoisotopic (exact) mass is 270 g/mol. The molecule has 1 unspecified atom stereocenters. The molecule has 3 heteroatoms. The van der Waals surface area contributed by atoms with Gasteiger partial charge < -0.3 is 5.32 Å². The van der Waals surface area contributed by atoms with E-state index in [1.807, 2.05) is 48.5 Å². The molecule has 19 heavy (non-hydrogen) atoms. The minimum absolute atomic E-state index is 0.207. The molecule has 0 radical (unpaired) electrons. The number of hydrogen-bond donors (Lipinski definition) is 1. The molecule has 0 bridgehead atoms. The van der Waals surface area contributed by atoms with Crippen molar-refractivity contribution < 1.29 is 0 Å². The molecule has 0 saturated carbocycles. The molecular formula is C16H15ClN2. The Balaban J connectivity index is 2.04. The predicted octanol–water partition coefficient (Wildman–Crippen LogP) is 4.58. The summed E-state index contributed by atoms with van der Waals surface area (Å²) in [4.78, 5) is 0.